The molecule has 104 valence electrons. The van der Waals surface area contributed by atoms with E-state index in [1.807, 2.05) is 12.1 Å². The Morgan fingerprint density at radius 2 is 1.90 bits per heavy atom. The molecule has 2 aromatic carbocycles. The number of rotatable bonds is 2. The molecule has 0 radical (unpaired) electrons. The van der Waals surface area contributed by atoms with E-state index in [1.165, 1.54) is 5.56 Å². The molecular formula is C15H10BrCl3O. The molecule has 0 aliphatic carbocycles. The van der Waals surface area contributed by atoms with E-state index in [2.05, 4.69) is 22.0 Å². The van der Waals surface area contributed by atoms with Crippen LogP contribution in [0.1, 0.15) is 22.1 Å². The molecule has 0 amide bonds. The molecule has 0 saturated heterocycles. The van der Waals surface area contributed by atoms with Crippen LogP contribution in [0.15, 0.2) is 34.8 Å². The number of fused-ring (bicyclic) bond motifs is 1. The summed E-state index contributed by atoms with van der Waals surface area (Å²) in [5.41, 5.74) is 3.03. The second-order valence-corrected chi connectivity index (χ2v) is 6.78. The van der Waals surface area contributed by atoms with Crippen molar-refractivity contribution in [3.63, 3.8) is 0 Å². The summed E-state index contributed by atoms with van der Waals surface area (Å²) in [6, 6.07) is 9.50. The van der Waals surface area contributed by atoms with Gasteiger partial charge in [-0.05, 0) is 35.4 Å². The minimum absolute atomic E-state index is 0.325. The predicted octanol–water partition coefficient (Wildman–Crippen LogP) is 6.02. The molecule has 1 aliphatic rings. The van der Waals surface area contributed by atoms with Crippen LogP contribution in [0.5, 0.6) is 5.75 Å². The maximum absolute atomic E-state index is 6.61. The molecule has 3 rings (SSSR count). The molecule has 1 unspecified atom stereocenters. The van der Waals surface area contributed by atoms with Crippen molar-refractivity contribution in [1.29, 1.82) is 0 Å². The first-order chi connectivity index (χ1) is 9.56. The predicted molar refractivity (Wildman–Crippen MR) is 87.5 cm³/mol. The highest BCUT2D eigenvalue weighted by molar-refractivity contribution is 9.10. The van der Waals surface area contributed by atoms with E-state index in [1.54, 1.807) is 12.1 Å². The second kappa shape index (κ2) is 5.76. The SMILES string of the molecule is Clc1ccc(C(Cl)c2cc(Br)cc3c2OCC3)cc1Cl. The summed E-state index contributed by atoms with van der Waals surface area (Å²) in [6.07, 6.45) is 0.909. The van der Waals surface area contributed by atoms with Gasteiger partial charge in [0.25, 0.3) is 0 Å². The van der Waals surface area contributed by atoms with Crippen LogP contribution in [0.3, 0.4) is 0 Å². The van der Waals surface area contributed by atoms with Crippen molar-refractivity contribution < 1.29 is 4.74 Å². The number of hydrogen-bond donors (Lipinski definition) is 0. The summed E-state index contributed by atoms with van der Waals surface area (Å²) in [5, 5.41) is 0.700. The third-order valence-electron chi connectivity index (χ3n) is 3.29. The summed E-state index contributed by atoms with van der Waals surface area (Å²) in [5.74, 6) is 0.888. The van der Waals surface area contributed by atoms with E-state index in [-0.39, 0.29) is 5.38 Å². The summed E-state index contributed by atoms with van der Waals surface area (Å²) >= 11 is 22.1. The van der Waals surface area contributed by atoms with Gasteiger partial charge in [0.15, 0.2) is 0 Å². The van der Waals surface area contributed by atoms with E-state index in [0.717, 1.165) is 27.8 Å². The van der Waals surface area contributed by atoms with Crippen LogP contribution < -0.4 is 4.74 Å². The third kappa shape index (κ3) is 2.67. The maximum atomic E-state index is 6.61. The van der Waals surface area contributed by atoms with Crippen LogP contribution in [-0.4, -0.2) is 6.61 Å². The minimum Gasteiger partial charge on any atom is -0.493 e. The summed E-state index contributed by atoms with van der Waals surface area (Å²) < 4.78 is 6.72. The van der Waals surface area contributed by atoms with Gasteiger partial charge in [-0.15, -0.1) is 11.6 Å². The zero-order valence-corrected chi connectivity index (χ0v) is 14.2. The van der Waals surface area contributed by atoms with E-state index in [9.17, 15) is 0 Å². The fraction of sp³-hybridized carbons (Fsp3) is 0.200. The fourth-order valence-electron chi connectivity index (χ4n) is 2.34. The van der Waals surface area contributed by atoms with Crippen molar-refractivity contribution in [2.24, 2.45) is 0 Å². The van der Waals surface area contributed by atoms with Crippen LogP contribution >= 0.6 is 50.7 Å². The molecule has 1 atom stereocenters. The Balaban J connectivity index is 2.06. The Morgan fingerprint density at radius 3 is 2.65 bits per heavy atom. The summed E-state index contributed by atoms with van der Waals surface area (Å²) in [7, 11) is 0. The average Bonchev–Trinajstić information content (AvgIpc) is 2.88. The number of halogens is 4. The van der Waals surface area contributed by atoms with Crippen LogP contribution in [-0.2, 0) is 6.42 Å². The lowest BCUT2D eigenvalue weighted by Crippen LogP contribution is -1.98. The van der Waals surface area contributed by atoms with Gasteiger partial charge in [-0.1, -0.05) is 45.2 Å². The van der Waals surface area contributed by atoms with Crippen molar-refractivity contribution in [2.75, 3.05) is 6.61 Å². The van der Waals surface area contributed by atoms with Gasteiger partial charge in [-0.3, -0.25) is 0 Å². The smallest absolute Gasteiger partial charge is 0.127 e. The van der Waals surface area contributed by atoms with Gasteiger partial charge in [0.2, 0.25) is 0 Å². The zero-order valence-electron chi connectivity index (χ0n) is 10.3. The first-order valence-electron chi connectivity index (χ1n) is 6.10. The highest BCUT2D eigenvalue weighted by Crippen LogP contribution is 2.42. The van der Waals surface area contributed by atoms with Gasteiger partial charge in [-0.25, -0.2) is 0 Å². The molecule has 1 nitrogen and oxygen atoms in total. The fourth-order valence-corrected chi connectivity index (χ4v) is 3.46. The molecule has 1 aliphatic heterocycles. The quantitative estimate of drug-likeness (QED) is 0.568. The lowest BCUT2D eigenvalue weighted by molar-refractivity contribution is 0.353. The van der Waals surface area contributed by atoms with Crippen molar-refractivity contribution in [3.05, 3.63) is 61.5 Å². The van der Waals surface area contributed by atoms with E-state index in [4.69, 9.17) is 39.5 Å². The zero-order chi connectivity index (χ0) is 14.3. The molecule has 0 bridgehead atoms. The number of ether oxygens (including phenoxy) is 1. The number of alkyl halides is 1. The summed E-state index contributed by atoms with van der Waals surface area (Å²) in [4.78, 5) is 0. The van der Waals surface area contributed by atoms with Crippen molar-refractivity contribution >= 4 is 50.7 Å². The molecule has 20 heavy (non-hydrogen) atoms. The van der Waals surface area contributed by atoms with Gasteiger partial charge >= 0.3 is 0 Å². The Morgan fingerprint density at radius 1 is 1.10 bits per heavy atom. The van der Waals surface area contributed by atoms with Crippen LogP contribution in [0.2, 0.25) is 10.0 Å². The normalized spacial score (nSPS) is 14.8. The maximum Gasteiger partial charge on any atom is 0.127 e. The lowest BCUT2D eigenvalue weighted by Gasteiger charge is -2.15. The van der Waals surface area contributed by atoms with Crippen molar-refractivity contribution in [3.8, 4) is 5.75 Å². The highest BCUT2D eigenvalue weighted by Gasteiger charge is 2.23. The first-order valence-corrected chi connectivity index (χ1v) is 8.09. The molecule has 0 spiro atoms. The Bertz CT molecular complexity index is 672. The highest BCUT2D eigenvalue weighted by atomic mass is 79.9. The topological polar surface area (TPSA) is 9.23 Å². The van der Waals surface area contributed by atoms with Crippen LogP contribution in [0.25, 0.3) is 0 Å². The first kappa shape index (κ1) is 14.5. The third-order valence-corrected chi connectivity index (χ3v) is 4.97. The van der Waals surface area contributed by atoms with Crippen LogP contribution in [0.4, 0.5) is 0 Å². The lowest BCUT2D eigenvalue weighted by atomic mass is 10.0. The molecule has 0 N–H and O–H groups in total. The van der Waals surface area contributed by atoms with Gasteiger partial charge in [0.1, 0.15) is 5.75 Å². The molecule has 0 saturated carbocycles. The molecular weight excluding hydrogens is 382 g/mol. The van der Waals surface area contributed by atoms with E-state index >= 15 is 0 Å². The standard InChI is InChI=1S/C15H10BrCl3O/c16-10-5-9-3-4-20-15(9)11(7-10)14(19)8-1-2-12(17)13(18)6-8/h1-2,5-7,14H,3-4H2. The molecule has 5 heteroatoms. The van der Waals surface area contributed by atoms with Gasteiger partial charge in [0, 0.05) is 16.5 Å². The second-order valence-electron chi connectivity index (χ2n) is 4.62. The number of hydrogen-bond acceptors (Lipinski definition) is 1. The summed E-state index contributed by atoms with van der Waals surface area (Å²) in [6.45, 7) is 0.698. The van der Waals surface area contributed by atoms with E-state index in [0.29, 0.717) is 16.7 Å². The number of benzene rings is 2. The monoisotopic (exact) mass is 390 g/mol. The minimum atomic E-state index is -0.325. The van der Waals surface area contributed by atoms with E-state index < -0.39 is 0 Å². The van der Waals surface area contributed by atoms with Crippen LogP contribution in [0, 0.1) is 0 Å². The van der Waals surface area contributed by atoms with Crippen molar-refractivity contribution in [2.45, 2.75) is 11.8 Å². The molecule has 0 aromatic heterocycles. The Labute approximate surface area is 140 Å². The molecule has 0 fully saturated rings. The largest absolute Gasteiger partial charge is 0.493 e. The van der Waals surface area contributed by atoms with Crippen molar-refractivity contribution in [1.82, 2.24) is 0 Å². The van der Waals surface area contributed by atoms with Gasteiger partial charge in [0.05, 0.1) is 22.0 Å². The molecule has 2 aromatic rings. The Kier molecular flexibility index (Phi) is 4.19. The van der Waals surface area contributed by atoms with Gasteiger partial charge in [-0.2, -0.15) is 0 Å². The van der Waals surface area contributed by atoms with Gasteiger partial charge < -0.3 is 4.74 Å². The molecule has 1 heterocycles. The Hall–Kier alpha value is -0.410. The average molecular weight is 393 g/mol.